The summed E-state index contributed by atoms with van der Waals surface area (Å²) in [7, 11) is -3.83. The molecule has 0 atom stereocenters. The molecule has 1 amide bonds. The van der Waals surface area contributed by atoms with Crippen molar-refractivity contribution in [2.24, 2.45) is 0 Å². The number of halogens is 1. The van der Waals surface area contributed by atoms with Crippen molar-refractivity contribution in [1.29, 1.82) is 0 Å². The zero-order chi connectivity index (χ0) is 18.9. The summed E-state index contributed by atoms with van der Waals surface area (Å²) in [6.45, 7) is 3.77. The SMILES string of the molecule is Cc1cccc(C)c1NC(=O)c1ccc(S(=O)(=O)c2ccc(Br)cc2)o1. The maximum atomic E-state index is 12.6. The molecule has 0 saturated carbocycles. The smallest absolute Gasteiger partial charge is 0.291 e. The summed E-state index contributed by atoms with van der Waals surface area (Å²) in [5, 5.41) is 2.50. The van der Waals surface area contributed by atoms with Crippen LogP contribution in [-0.2, 0) is 9.84 Å². The normalized spacial score (nSPS) is 11.3. The second kappa shape index (κ2) is 7.09. The van der Waals surface area contributed by atoms with Crippen molar-refractivity contribution in [2.75, 3.05) is 5.32 Å². The highest BCUT2D eigenvalue weighted by Crippen LogP contribution is 2.25. The number of hydrogen-bond donors (Lipinski definition) is 1. The fraction of sp³-hybridized carbons (Fsp3) is 0.105. The topological polar surface area (TPSA) is 76.4 Å². The van der Waals surface area contributed by atoms with E-state index in [0.717, 1.165) is 15.6 Å². The first-order valence-corrected chi connectivity index (χ1v) is 10.0. The zero-order valence-electron chi connectivity index (χ0n) is 14.1. The van der Waals surface area contributed by atoms with Crippen molar-refractivity contribution in [3.8, 4) is 0 Å². The van der Waals surface area contributed by atoms with Crippen LogP contribution in [-0.4, -0.2) is 14.3 Å². The van der Waals surface area contributed by atoms with Crippen LogP contribution in [0.5, 0.6) is 0 Å². The van der Waals surface area contributed by atoms with Gasteiger partial charge in [-0.1, -0.05) is 34.1 Å². The van der Waals surface area contributed by atoms with Crippen LogP contribution in [0, 0.1) is 13.8 Å². The van der Waals surface area contributed by atoms with Crippen molar-refractivity contribution in [3.63, 3.8) is 0 Å². The second-order valence-electron chi connectivity index (χ2n) is 5.80. The van der Waals surface area contributed by atoms with E-state index in [4.69, 9.17) is 4.42 Å². The molecule has 0 fully saturated rings. The summed E-state index contributed by atoms with van der Waals surface area (Å²) >= 11 is 3.26. The van der Waals surface area contributed by atoms with E-state index in [0.29, 0.717) is 5.69 Å². The molecule has 2 aromatic carbocycles. The van der Waals surface area contributed by atoms with Crippen LogP contribution in [0.4, 0.5) is 5.69 Å². The molecule has 26 heavy (non-hydrogen) atoms. The van der Waals surface area contributed by atoms with E-state index in [1.807, 2.05) is 32.0 Å². The van der Waals surface area contributed by atoms with E-state index in [2.05, 4.69) is 21.2 Å². The van der Waals surface area contributed by atoms with Crippen molar-refractivity contribution >= 4 is 37.4 Å². The third-order valence-electron chi connectivity index (χ3n) is 3.91. The van der Waals surface area contributed by atoms with Crippen molar-refractivity contribution in [3.05, 3.63) is 76.0 Å². The molecule has 7 heteroatoms. The highest BCUT2D eigenvalue weighted by atomic mass is 79.9. The minimum Gasteiger partial charge on any atom is -0.439 e. The van der Waals surface area contributed by atoms with Gasteiger partial charge in [0.15, 0.2) is 5.76 Å². The number of carbonyl (C=O) groups excluding carboxylic acids is 1. The van der Waals surface area contributed by atoms with Crippen LogP contribution >= 0.6 is 15.9 Å². The van der Waals surface area contributed by atoms with Gasteiger partial charge >= 0.3 is 0 Å². The molecule has 0 aliphatic rings. The molecule has 3 rings (SSSR count). The first kappa shape index (κ1) is 18.4. The number of anilines is 1. The molecule has 3 aromatic rings. The lowest BCUT2D eigenvalue weighted by Gasteiger charge is -2.10. The number of amides is 1. The minimum absolute atomic E-state index is 0.0664. The Morgan fingerprint density at radius 1 is 0.962 bits per heavy atom. The molecule has 0 saturated heterocycles. The fourth-order valence-corrected chi connectivity index (χ4v) is 3.94. The molecular formula is C19H16BrNO4S. The number of nitrogens with one attached hydrogen (secondary N) is 1. The molecule has 134 valence electrons. The fourth-order valence-electron chi connectivity index (χ4n) is 2.50. The van der Waals surface area contributed by atoms with Crippen LogP contribution < -0.4 is 5.32 Å². The Kier molecular flexibility index (Phi) is 5.02. The quantitative estimate of drug-likeness (QED) is 0.644. The maximum Gasteiger partial charge on any atom is 0.291 e. The number of furan rings is 1. The molecular weight excluding hydrogens is 418 g/mol. The van der Waals surface area contributed by atoms with E-state index in [9.17, 15) is 13.2 Å². The van der Waals surface area contributed by atoms with Gasteiger partial charge in [-0.2, -0.15) is 0 Å². The maximum absolute atomic E-state index is 12.6. The highest BCUT2D eigenvalue weighted by molar-refractivity contribution is 9.10. The Morgan fingerprint density at radius 2 is 1.58 bits per heavy atom. The number of carbonyl (C=O) groups is 1. The van der Waals surface area contributed by atoms with E-state index < -0.39 is 15.7 Å². The summed E-state index contributed by atoms with van der Waals surface area (Å²) < 4.78 is 31.3. The van der Waals surface area contributed by atoms with Crippen LogP contribution in [0.2, 0.25) is 0 Å². The monoisotopic (exact) mass is 433 g/mol. The Bertz CT molecular complexity index is 1050. The minimum atomic E-state index is -3.83. The number of rotatable bonds is 4. The first-order valence-electron chi connectivity index (χ1n) is 7.77. The molecule has 0 aliphatic carbocycles. The lowest BCUT2D eigenvalue weighted by molar-refractivity contribution is 0.0991. The van der Waals surface area contributed by atoms with E-state index >= 15 is 0 Å². The van der Waals surface area contributed by atoms with Crippen LogP contribution in [0.1, 0.15) is 21.7 Å². The average Bonchev–Trinajstić information content (AvgIpc) is 3.09. The third kappa shape index (κ3) is 3.59. The summed E-state index contributed by atoms with van der Waals surface area (Å²) in [5.74, 6) is -0.567. The Morgan fingerprint density at radius 3 is 2.19 bits per heavy atom. The standard InChI is InChI=1S/C19H16BrNO4S/c1-12-4-3-5-13(2)18(12)21-19(22)16-10-11-17(25-16)26(23,24)15-8-6-14(20)7-9-15/h3-11H,1-2H3,(H,21,22). The summed E-state index contributed by atoms with van der Waals surface area (Å²) in [6.07, 6.45) is 0. The summed E-state index contributed by atoms with van der Waals surface area (Å²) in [5.41, 5.74) is 2.51. The van der Waals surface area contributed by atoms with E-state index in [1.54, 1.807) is 12.1 Å². The van der Waals surface area contributed by atoms with Crippen molar-refractivity contribution in [2.45, 2.75) is 23.8 Å². The van der Waals surface area contributed by atoms with Gasteiger partial charge in [-0.05, 0) is 61.4 Å². The van der Waals surface area contributed by atoms with Crippen LogP contribution in [0.3, 0.4) is 0 Å². The van der Waals surface area contributed by atoms with Crippen LogP contribution in [0.25, 0.3) is 0 Å². The lowest BCUT2D eigenvalue weighted by Crippen LogP contribution is -2.13. The molecule has 1 N–H and O–H groups in total. The molecule has 0 aliphatic heterocycles. The van der Waals surface area contributed by atoms with Crippen molar-refractivity contribution < 1.29 is 17.6 Å². The Labute approximate surface area is 160 Å². The molecule has 5 nitrogen and oxygen atoms in total. The van der Waals surface area contributed by atoms with Crippen molar-refractivity contribution in [1.82, 2.24) is 0 Å². The van der Waals surface area contributed by atoms with E-state index in [1.165, 1.54) is 24.3 Å². The molecule has 0 radical (unpaired) electrons. The van der Waals surface area contributed by atoms with Gasteiger partial charge < -0.3 is 9.73 Å². The highest BCUT2D eigenvalue weighted by Gasteiger charge is 2.24. The van der Waals surface area contributed by atoms with Gasteiger partial charge in [0, 0.05) is 10.2 Å². The molecule has 0 spiro atoms. The summed E-state index contributed by atoms with van der Waals surface area (Å²) in [6, 6.07) is 14.5. The van der Waals surface area contributed by atoms with Gasteiger partial charge in [-0.25, -0.2) is 8.42 Å². The van der Waals surface area contributed by atoms with Gasteiger partial charge in [0.05, 0.1) is 4.90 Å². The van der Waals surface area contributed by atoms with Crippen LogP contribution in [0.15, 0.2) is 73.5 Å². The molecule has 1 heterocycles. The molecule has 0 bridgehead atoms. The van der Waals surface area contributed by atoms with Gasteiger partial charge in [-0.15, -0.1) is 0 Å². The summed E-state index contributed by atoms with van der Waals surface area (Å²) in [4.78, 5) is 12.5. The van der Waals surface area contributed by atoms with Gasteiger partial charge in [-0.3, -0.25) is 4.79 Å². The van der Waals surface area contributed by atoms with Gasteiger partial charge in [0.25, 0.3) is 5.91 Å². The molecule has 0 unspecified atom stereocenters. The van der Waals surface area contributed by atoms with Gasteiger partial charge in [0.1, 0.15) is 0 Å². The number of aryl methyl sites for hydroxylation is 2. The largest absolute Gasteiger partial charge is 0.439 e. The predicted octanol–water partition coefficient (Wildman–Crippen LogP) is 4.74. The lowest BCUT2D eigenvalue weighted by atomic mass is 10.1. The number of benzene rings is 2. The Hall–Kier alpha value is -2.38. The third-order valence-corrected chi connectivity index (χ3v) is 6.08. The van der Waals surface area contributed by atoms with Gasteiger partial charge in [0.2, 0.25) is 14.9 Å². The number of sulfone groups is 1. The number of hydrogen-bond acceptors (Lipinski definition) is 4. The number of para-hydroxylation sites is 1. The zero-order valence-corrected chi connectivity index (χ0v) is 16.5. The first-order chi connectivity index (χ1) is 12.3. The average molecular weight is 434 g/mol. The predicted molar refractivity (Wildman–Crippen MR) is 102 cm³/mol. The Balaban J connectivity index is 1.87. The second-order valence-corrected chi connectivity index (χ2v) is 8.59. The molecule has 1 aromatic heterocycles. The van der Waals surface area contributed by atoms with E-state index in [-0.39, 0.29) is 15.7 Å².